The first kappa shape index (κ1) is 53.0. The minimum atomic E-state index is -4.55. The number of unbranched alkanes of at least 4 members (excludes halogenated alkanes) is 18. The van der Waals surface area contributed by atoms with Gasteiger partial charge in [-0.1, -0.05) is 159 Å². The Bertz CT molecular complexity index is 1060. The number of hydrogen-bond acceptors (Lipinski definition) is 7. The van der Waals surface area contributed by atoms with E-state index in [1.54, 1.807) is 6.26 Å². The zero-order valence-corrected chi connectivity index (χ0v) is 37.0. The Kier molecular flexibility index (Phi) is 37.5. The highest BCUT2D eigenvalue weighted by Gasteiger charge is 2.20. The quantitative estimate of drug-likeness (QED) is 0.0152. The second kappa shape index (κ2) is 38.9. The van der Waals surface area contributed by atoms with E-state index in [2.05, 4.69) is 62.5 Å². The van der Waals surface area contributed by atoms with Crippen molar-refractivity contribution in [2.75, 3.05) is 47.5 Å². The van der Waals surface area contributed by atoms with Gasteiger partial charge in [-0.25, -0.2) is 0 Å². The number of allylic oxidation sites excluding steroid dienone is 9. The molecular weight excluding hydrogens is 709 g/mol. The van der Waals surface area contributed by atoms with Crippen LogP contribution in [0.15, 0.2) is 60.9 Å². The zero-order chi connectivity index (χ0) is 40.6. The Balaban J connectivity index is 4.34. The van der Waals surface area contributed by atoms with Gasteiger partial charge in [-0.2, -0.15) is 0 Å². The maximum atomic E-state index is 12.6. The molecule has 0 heterocycles. The molecule has 0 N–H and O–H groups in total. The second-order valence-corrected chi connectivity index (χ2v) is 17.2. The van der Waals surface area contributed by atoms with Crippen molar-refractivity contribution in [2.24, 2.45) is 0 Å². The van der Waals surface area contributed by atoms with Crippen LogP contribution in [-0.2, 0) is 27.9 Å². The molecule has 0 saturated carbocycles. The maximum Gasteiger partial charge on any atom is 0.306 e. The fraction of sp³-hybridized carbons (Fsp3) is 0.761. The van der Waals surface area contributed by atoms with Gasteiger partial charge in [-0.3, -0.25) is 9.36 Å². The molecule has 0 radical (unpaired) electrons. The van der Waals surface area contributed by atoms with E-state index < -0.39 is 19.9 Å². The molecule has 0 aromatic rings. The molecule has 0 fully saturated rings. The van der Waals surface area contributed by atoms with E-state index in [-0.39, 0.29) is 26.2 Å². The molecule has 0 rings (SSSR count). The predicted molar refractivity (Wildman–Crippen MR) is 231 cm³/mol. The number of hydrogen-bond donors (Lipinski definition) is 0. The van der Waals surface area contributed by atoms with Gasteiger partial charge in [0.2, 0.25) is 0 Å². The third-order valence-electron chi connectivity index (χ3n) is 9.15. The summed E-state index contributed by atoms with van der Waals surface area (Å²) in [5, 5.41) is 0. The van der Waals surface area contributed by atoms with E-state index in [0.29, 0.717) is 17.4 Å². The summed E-state index contributed by atoms with van der Waals surface area (Å²) in [7, 11) is 1.29. The molecule has 320 valence electrons. The summed E-state index contributed by atoms with van der Waals surface area (Å²) in [6.07, 6.45) is 49.1. The average molecular weight is 794 g/mol. The maximum absolute atomic E-state index is 12.6. The fourth-order valence-electron chi connectivity index (χ4n) is 5.74. The Morgan fingerprint density at radius 2 is 1.07 bits per heavy atom. The number of esters is 1. The molecule has 0 bridgehead atoms. The lowest BCUT2D eigenvalue weighted by Gasteiger charge is -2.28. The van der Waals surface area contributed by atoms with Crippen LogP contribution in [0.1, 0.15) is 174 Å². The number of quaternary nitrogens is 1. The van der Waals surface area contributed by atoms with Gasteiger partial charge in [0.05, 0.1) is 34.0 Å². The molecule has 1 unspecified atom stereocenters. The van der Waals surface area contributed by atoms with Crippen LogP contribution in [0.3, 0.4) is 0 Å². The molecule has 0 saturated heterocycles. The van der Waals surface area contributed by atoms with Gasteiger partial charge in [-0.05, 0) is 63.9 Å². The Hall–Kier alpha value is -1.96. The molecule has 8 nitrogen and oxygen atoms in total. The van der Waals surface area contributed by atoms with Crippen molar-refractivity contribution in [2.45, 2.75) is 180 Å². The normalized spacial score (nSPS) is 14.3. The van der Waals surface area contributed by atoms with Gasteiger partial charge in [0.1, 0.15) is 19.8 Å². The van der Waals surface area contributed by atoms with Crippen LogP contribution in [0.25, 0.3) is 0 Å². The Labute approximate surface area is 339 Å². The smallest absolute Gasteiger partial charge is 0.306 e. The van der Waals surface area contributed by atoms with E-state index >= 15 is 0 Å². The molecule has 0 aliphatic carbocycles. The van der Waals surface area contributed by atoms with E-state index in [9.17, 15) is 14.3 Å². The van der Waals surface area contributed by atoms with Crippen LogP contribution in [0.4, 0.5) is 0 Å². The van der Waals surface area contributed by atoms with Crippen molar-refractivity contribution in [1.82, 2.24) is 0 Å². The van der Waals surface area contributed by atoms with Gasteiger partial charge < -0.3 is 27.9 Å². The summed E-state index contributed by atoms with van der Waals surface area (Å²) in [4.78, 5) is 25.0. The van der Waals surface area contributed by atoms with Gasteiger partial charge in [0.25, 0.3) is 7.82 Å². The van der Waals surface area contributed by atoms with Crippen molar-refractivity contribution in [3.05, 3.63) is 60.9 Å². The van der Waals surface area contributed by atoms with Crippen molar-refractivity contribution < 1.29 is 37.3 Å². The molecular formula is C46H84NO7P. The highest BCUT2D eigenvalue weighted by Crippen LogP contribution is 2.38. The standard InChI is InChI=1S/C46H84NO7P/c1-6-8-10-12-14-16-18-20-22-23-24-26-28-30-32-34-36-38-41-51-43-45(44-53-55(49,50)52-42-40-47(3,4)5)54-46(48)39-37-35-33-31-29-27-25-21-19-17-15-13-11-9-7-2/h9,11,15,17,21,25,29,31,38,41,45H,6-8,10,12-14,16,18-20,22-24,26-28,30,32-37,39-40,42-44H2,1-5H3/b11-9+,17-15+,25-21+,31-29+,41-38+/t45-/m1/s1. The molecule has 0 aliphatic heterocycles. The lowest BCUT2D eigenvalue weighted by atomic mass is 10.0. The van der Waals surface area contributed by atoms with Crippen LogP contribution < -0.4 is 4.89 Å². The van der Waals surface area contributed by atoms with Crippen molar-refractivity contribution in [3.63, 3.8) is 0 Å². The summed E-state index contributed by atoms with van der Waals surface area (Å²) >= 11 is 0. The topological polar surface area (TPSA) is 94.1 Å². The third-order valence-corrected chi connectivity index (χ3v) is 10.1. The molecule has 0 aromatic heterocycles. The zero-order valence-electron chi connectivity index (χ0n) is 36.1. The Morgan fingerprint density at radius 1 is 0.600 bits per heavy atom. The summed E-state index contributed by atoms with van der Waals surface area (Å²) in [6.45, 7) is 4.57. The highest BCUT2D eigenvalue weighted by atomic mass is 31.2. The summed E-state index contributed by atoms with van der Waals surface area (Å²) in [5.74, 6) is -0.397. The van der Waals surface area contributed by atoms with E-state index in [1.807, 2.05) is 27.2 Å². The molecule has 9 heteroatoms. The van der Waals surface area contributed by atoms with Crippen molar-refractivity contribution in [3.8, 4) is 0 Å². The number of phosphoric ester groups is 1. The number of carbonyl (C=O) groups is 1. The second-order valence-electron chi connectivity index (χ2n) is 15.7. The number of rotatable bonds is 40. The fourth-order valence-corrected chi connectivity index (χ4v) is 6.47. The largest absolute Gasteiger partial charge is 0.756 e. The number of phosphoric acid groups is 1. The predicted octanol–water partition coefficient (Wildman–Crippen LogP) is 12.7. The van der Waals surface area contributed by atoms with Crippen molar-refractivity contribution in [1.29, 1.82) is 0 Å². The first-order chi connectivity index (χ1) is 26.6. The number of nitrogens with zero attached hydrogens (tertiary/aromatic N) is 1. The van der Waals surface area contributed by atoms with Crippen LogP contribution in [0.5, 0.6) is 0 Å². The lowest BCUT2D eigenvalue weighted by molar-refractivity contribution is -0.870. The van der Waals surface area contributed by atoms with Gasteiger partial charge in [0, 0.05) is 6.42 Å². The Morgan fingerprint density at radius 3 is 1.60 bits per heavy atom. The van der Waals surface area contributed by atoms with Crippen molar-refractivity contribution >= 4 is 13.8 Å². The van der Waals surface area contributed by atoms with Crippen LogP contribution >= 0.6 is 7.82 Å². The summed E-state index contributed by atoms with van der Waals surface area (Å²) in [6, 6.07) is 0. The molecule has 2 atom stereocenters. The highest BCUT2D eigenvalue weighted by molar-refractivity contribution is 7.45. The molecule has 0 aromatic carbocycles. The average Bonchev–Trinajstić information content (AvgIpc) is 3.13. The first-order valence-electron chi connectivity index (χ1n) is 22.1. The molecule has 0 spiro atoms. The summed E-state index contributed by atoms with van der Waals surface area (Å²) < 4.78 is 34.3. The lowest BCUT2D eigenvalue weighted by Crippen LogP contribution is -2.37. The van der Waals surface area contributed by atoms with E-state index in [0.717, 1.165) is 51.4 Å². The minimum absolute atomic E-state index is 0.00201. The number of ether oxygens (including phenoxy) is 2. The molecule has 0 aliphatic rings. The molecule has 0 amide bonds. The van der Waals surface area contributed by atoms with Crippen LogP contribution in [0, 0.1) is 0 Å². The SMILES string of the molecule is CC/C=C/C/C=C/C/C=C/C/C=C/CCCCC(=O)O[C@H](CO/C=C/CCCCCCCCCCCCCCCCCC)COP(=O)([O-])OCC[N+](C)(C)C. The first-order valence-corrected chi connectivity index (χ1v) is 23.5. The van der Waals surface area contributed by atoms with Crippen LogP contribution in [0.2, 0.25) is 0 Å². The minimum Gasteiger partial charge on any atom is -0.756 e. The van der Waals surface area contributed by atoms with Crippen LogP contribution in [-0.4, -0.2) is 64.1 Å². The van der Waals surface area contributed by atoms with E-state index in [4.69, 9.17) is 18.5 Å². The summed E-state index contributed by atoms with van der Waals surface area (Å²) in [5.41, 5.74) is 0. The van der Waals surface area contributed by atoms with Gasteiger partial charge in [-0.15, -0.1) is 0 Å². The van der Waals surface area contributed by atoms with E-state index in [1.165, 1.54) is 96.3 Å². The monoisotopic (exact) mass is 794 g/mol. The third kappa shape index (κ3) is 43.0. The van der Waals surface area contributed by atoms with Gasteiger partial charge in [0.15, 0.2) is 6.10 Å². The molecule has 55 heavy (non-hydrogen) atoms. The number of likely N-dealkylation sites (N-methyl/N-ethyl adjacent to an activating group) is 1. The van der Waals surface area contributed by atoms with Gasteiger partial charge >= 0.3 is 5.97 Å². The number of carbonyl (C=O) groups excluding carboxylic acids is 1.